The van der Waals surface area contributed by atoms with Crippen molar-refractivity contribution in [3.63, 3.8) is 0 Å². The molecule has 0 aliphatic carbocycles. The van der Waals surface area contributed by atoms with E-state index < -0.39 is 5.97 Å². The van der Waals surface area contributed by atoms with Crippen molar-refractivity contribution in [2.24, 2.45) is 5.92 Å². The van der Waals surface area contributed by atoms with Crippen molar-refractivity contribution >= 4 is 39.6 Å². The van der Waals surface area contributed by atoms with Gasteiger partial charge in [0.15, 0.2) is 0 Å². The maximum absolute atomic E-state index is 11.6. The molecule has 1 aromatic carbocycles. The third kappa shape index (κ3) is 4.33. The lowest BCUT2D eigenvalue weighted by atomic mass is 10.1. The van der Waals surface area contributed by atoms with E-state index in [1.165, 1.54) is 6.08 Å². The van der Waals surface area contributed by atoms with Gasteiger partial charge in [-0.05, 0) is 39.7 Å². The van der Waals surface area contributed by atoms with Gasteiger partial charge in [-0.1, -0.05) is 19.9 Å². The minimum atomic E-state index is -1.01. The molecule has 4 nitrogen and oxygen atoms in total. The van der Waals surface area contributed by atoms with Crippen molar-refractivity contribution in [3.05, 3.63) is 34.3 Å². The first-order valence-electron chi connectivity index (χ1n) is 5.41. The summed E-state index contributed by atoms with van der Waals surface area (Å²) in [5.41, 5.74) is 1.33. The average Bonchev–Trinajstić information content (AvgIpc) is 2.29. The maximum Gasteiger partial charge on any atom is 0.328 e. The van der Waals surface area contributed by atoms with Gasteiger partial charge in [-0.25, -0.2) is 4.79 Å². The molecule has 0 saturated carbocycles. The van der Waals surface area contributed by atoms with Crippen LogP contribution in [0.15, 0.2) is 28.7 Å². The fraction of sp³-hybridized carbons (Fsp3) is 0.231. The highest BCUT2D eigenvalue weighted by Gasteiger charge is 2.09. The number of anilines is 1. The van der Waals surface area contributed by atoms with Crippen LogP contribution in [0.5, 0.6) is 0 Å². The van der Waals surface area contributed by atoms with E-state index in [0.29, 0.717) is 11.3 Å². The first kappa shape index (κ1) is 14.4. The quantitative estimate of drug-likeness (QED) is 0.839. The highest BCUT2D eigenvalue weighted by molar-refractivity contribution is 9.10. The molecule has 18 heavy (non-hydrogen) atoms. The second-order valence-electron chi connectivity index (χ2n) is 4.05. The minimum absolute atomic E-state index is 0.0879. The number of hydrogen-bond donors (Lipinski definition) is 2. The molecule has 0 atom stereocenters. The van der Waals surface area contributed by atoms with Crippen LogP contribution in [0.2, 0.25) is 0 Å². The monoisotopic (exact) mass is 311 g/mol. The summed E-state index contributed by atoms with van der Waals surface area (Å²) in [6.45, 7) is 3.61. The summed E-state index contributed by atoms with van der Waals surface area (Å²) in [4.78, 5) is 22.0. The molecule has 0 aromatic heterocycles. The van der Waals surface area contributed by atoms with Crippen LogP contribution in [-0.4, -0.2) is 17.0 Å². The Bertz CT molecular complexity index is 495. The lowest BCUT2D eigenvalue weighted by molar-refractivity contribution is -0.131. The van der Waals surface area contributed by atoms with Crippen LogP contribution in [0, 0.1) is 5.92 Å². The largest absolute Gasteiger partial charge is 0.478 e. The molecule has 0 aliphatic heterocycles. The van der Waals surface area contributed by atoms with E-state index >= 15 is 0 Å². The Morgan fingerprint density at radius 3 is 2.61 bits per heavy atom. The number of hydrogen-bond acceptors (Lipinski definition) is 2. The first-order chi connectivity index (χ1) is 8.40. The number of rotatable bonds is 4. The summed E-state index contributed by atoms with van der Waals surface area (Å²) < 4.78 is 0.754. The average molecular weight is 312 g/mol. The summed E-state index contributed by atoms with van der Waals surface area (Å²) in [6.07, 6.45) is 2.52. The highest BCUT2D eigenvalue weighted by Crippen LogP contribution is 2.24. The summed E-state index contributed by atoms with van der Waals surface area (Å²) in [5.74, 6) is -1.21. The number of halogens is 1. The topological polar surface area (TPSA) is 66.4 Å². The van der Waals surface area contributed by atoms with Crippen LogP contribution in [0.25, 0.3) is 6.08 Å². The van der Waals surface area contributed by atoms with Gasteiger partial charge >= 0.3 is 5.97 Å². The van der Waals surface area contributed by atoms with Crippen molar-refractivity contribution in [2.75, 3.05) is 5.32 Å². The summed E-state index contributed by atoms with van der Waals surface area (Å²) in [5, 5.41) is 11.3. The molecule has 0 heterocycles. The summed E-state index contributed by atoms with van der Waals surface area (Å²) >= 11 is 3.33. The second kappa shape index (κ2) is 6.35. The van der Waals surface area contributed by atoms with E-state index in [1.807, 2.05) is 0 Å². The van der Waals surface area contributed by atoms with Gasteiger partial charge in [-0.3, -0.25) is 4.79 Å². The van der Waals surface area contributed by atoms with Crippen molar-refractivity contribution in [2.45, 2.75) is 13.8 Å². The fourth-order valence-electron chi connectivity index (χ4n) is 1.19. The van der Waals surface area contributed by atoms with E-state index in [2.05, 4.69) is 21.2 Å². The first-order valence-corrected chi connectivity index (χ1v) is 6.21. The van der Waals surface area contributed by atoms with Gasteiger partial charge in [0.1, 0.15) is 0 Å². The van der Waals surface area contributed by atoms with Crippen molar-refractivity contribution in [1.29, 1.82) is 0 Å². The van der Waals surface area contributed by atoms with Gasteiger partial charge in [-0.15, -0.1) is 0 Å². The molecule has 1 amide bonds. The van der Waals surface area contributed by atoms with Crippen LogP contribution in [0.1, 0.15) is 19.4 Å². The molecule has 0 unspecified atom stereocenters. The smallest absolute Gasteiger partial charge is 0.328 e. The summed E-state index contributed by atoms with van der Waals surface area (Å²) in [7, 11) is 0. The van der Waals surface area contributed by atoms with Crippen molar-refractivity contribution < 1.29 is 14.7 Å². The van der Waals surface area contributed by atoms with Gasteiger partial charge in [0.2, 0.25) is 5.91 Å². The standard InChI is InChI=1S/C13H14BrNO3/c1-8(2)13(18)15-11-7-9(3-5-10(11)14)4-6-12(16)17/h3-8H,1-2H3,(H,15,18)(H,16,17)/b6-4+. The van der Waals surface area contributed by atoms with Gasteiger partial charge in [-0.2, -0.15) is 0 Å². The third-order valence-corrected chi connectivity index (χ3v) is 2.88. The van der Waals surface area contributed by atoms with Gasteiger partial charge in [0.25, 0.3) is 0 Å². The Hall–Kier alpha value is -1.62. The Kier molecular flexibility index (Phi) is 5.09. The molecule has 2 N–H and O–H groups in total. The molecular weight excluding hydrogens is 298 g/mol. The molecule has 0 saturated heterocycles. The number of carboxylic acid groups (broad SMARTS) is 1. The second-order valence-corrected chi connectivity index (χ2v) is 4.91. The molecule has 0 spiro atoms. The number of benzene rings is 1. The number of amides is 1. The number of carboxylic acids is 1. The van der Waals surface area contributed by atoms with E-state index in [-0.39, 0.29) is 11.8 Å². The number of aliphatic carboxylic acids is 1. The Morgan fingerprint density at radius 1 is 1.39 bits per heavy atom. The molecule has 96 valence electrons. The molecule has 0 fully saturated rings. The van der Waals surface area contributed by atoms with Crippen LogP contribution in [0.4, 0.5) is 5.69 Å². The maximum atomic E-state index is 11.6. The zero-order valence-corrected chi connectivity index (χ0v) is 11.7. The SMILES string of the molecule is CC(C)C(=O)Nc1cc(/C=C/C(=O)O)ccc1Br. The Labute approximate surface area is 114 Å². The highest BCUT2D eigenvalue weighted by atomic mass is 79.9. The lowest BCUT2D eigenvalue weighted by Gasteiger charge is -2.10. The van der Waals surface area contributed by atoms with Crippen molar-refractivity contribution in [3.8, 4) is 0 Å². The fourth-order valence-corrected chi connectivity index (χ4v) is 1.53. The third-order valence-electron chi connectivity index (χ3n) is 2.19. The Morgan fingerprint density at radius 2 is 2.06 bits per heavy atom. The molecule has 0 radical (unpaired) electrons. The van der Waals surface area contributed by atoms with E-state index in [9.17, 15) is 9.59 Å². The lowest BCUT2D eigenvalue weighted by Crippen LogP contribution is -2.18. The van der Waals surface area contributed by atoms with E-state index in [0.717, 1.165) is 10.5 Å². The molecule has 0 aliphatic rings. The molecule has 5 heteroatoms. The van der Waals surface area contributed by atoms with Crippen LogP contribution in [0.3, 0.4) is 0 Å². The zero-order chi connectivity index (χ0) is 13.7. The molecule has 0 bridgehead atoms. The van der Waals surface area contributed by atoms with Crippen LogP contribution in [-0.2, 0) is 9.59 Å². The minimum Gasteiger partial charge on any atom is -0.478 e. The van der Waals surface area contributed by atoms with E-state index in [4.69, 9.17) is 5.11 Å². The number of carbonyl (C=O) groups excluding carboxylic acids is 1. The molecule has 1 rings (SSSR count). The Balaban J connectivity index is 2.94. The van der Waals surface area contributed by atoms with E-state index in [1.54, 1.807) is 32.0 Å². The van der Waals surface area contributed by atoms with Gasteiger partial charge in [0, 0.05) is 16.5 Å². The van der Waals surface area contributed by atoms with Crippen molar-refractivity contribution in [1.82, 2.24) is 0 Å². The van der Waals surface area contributed by atoms with Crippen LogP contribution >= 0.6 is 15.9 Å². The summed E-state index contributed by atoms with van der Waals surface area (Å²) in [6, 6.07) is 5.23. The number of nitrogens with one attached hydrogen (secondary N) is 1. The predicted octanol–water partition coefficient (Wildman–Crippen LogP) is 3.14. The zero-order valence-electron chi connectivity index (χ0n) is 10.1. The van der Waals surface area contributed by atoms with Gasteiger partial charge < -0.3 is 10.4 Å². The molecule has 1 aromatic rings. The molecular formula is C13H14BrNO3. The van der Waals surface area contributed by atoms with Crippen LogP contribution < -0.4 is 5.32 Å². The van der Waals surface area contributed by atoms with Gasteiger partial charge in [0.05, 0.1) is 5.69 Å². The predicted molar refractivity (Wildman–Crippen MR) is 74.3 cm³/mol. The number of carbonyl (C=O) groups is 2. The normalized spacial score (nSPS) is 10.9.